The molecule has 1 aromatic carbocycles. The van der Waals surface area contributed by atoms with E-state index in [-0.39, 0.29) is 17.5 Å². The van der Waals surface area contributed by atoms with Crippen LogP contribution in [0.5, 0.6) is 0 Å². The average molecular weight is 525 g/mol. The summed E-state index contributed by atoms with van der Waals surface area (Å²) in [5, 5.41) is 6.52. The molecule has 0 saturated carbocycles. The first-order valence-electron chi connectivity index (χ1n) is 12.9. The van der Waals surface area contributed by atoms with Crippen molar-refractivity contribution in [2.24, 2.45) is 5.73 Å². The van der Waals surface area contributed by atoms with Crippen molar-refractivity contribution in [2.75, 3.05) is 49.6 Å². The minimum atomic E-state index is -0.688. The fraction of sp³-hybridized carbons (Fsp3) is 0.481. The van der Waals surface area contributed by atoms with Crippen molar-refractivity contribution in [1.82, 2.24) is 15.2 Å². The number of nitrogens with zero attached hydrogens (tertiary/aromatic N) is 3. The van der Waals surface area contributed by atoms with Gasteiger partial charge in [-0.05, 0) is 64.4 Å². The highest BCUT2D eigenvalue weighted by Crippen LogP contribution is 2.29. The number of morpholine rings is 1. The van der Waals surface area contributed by atoms with Gasteiger partial charge in [-0.25, -0.2) is 9.78 Å². The number of ether oxygens (including phenoxy) is 2. The van der Waals surface area contributed by atoms with Gasteiger partial charge in [0.25, 0.3) is 11.8 Å². The van der Waals surface area contributed by atoms with E-state index < -0.39 is 17.6 Å². The average Bonchev–Trinajstić information content (AvgIpc) is 2.89. The third kappa shape index (κ3) is 6.78. The molecule has 11 heteroatoms. The molecule has 0 aliphatic carbocycles. The first-order chi connectivity index (χ1) is 18.1. The molecule has 3 heterocycles. The van der Waals surface area contributed by atoms with Gasteiger partial charge < -0.3 is 30.7 Å². The predicted octanol–water partition coefficient (Wildman–Crippen LogP) is 2.89. The van der Waals surface area contributed by atoms with E-state index in [1.807, 2.05) is 20.8 Å². The highest BCUT2D eigenvalue weighted by atomic mass is 16.6. The molecule has 2 aliphatic rings. The van der Waals surface area contributed by atoms with Crippen molar-refractivity contribution < 1.29 is 23.9 Å². The number of pyridine rings is 1. The summed E-state index contributed by atoms with van der Waals surface area (Å²) in [7, 11) is 0. The monoisotopic (exact) mass is 524 g/mol. The van der Waals surface area contributed by atoms with Crippen LogP contribution in [-0.2, 0) is 9.47 Å². The summed E-state index contributed by atoms with van der Waals surface area (Å²) in [6.45, 7) is 9.09. The second kappa shape index (κ2) is 11.8. The van der Waals surface area contributed by atoms with Gasteiger partial charge in [0, 0.05) is 43.1 Å². The Morgan fingerprint density at radius 1 is 1.18 bits per heavy atom. The molecule has 2 saturated heterocycles. The molecule has 0 radical (unpaired) electrons. The lowest BCUT2D eigenvalue weighted by molar-refractivity contribution is 0.0303. The summed E-state index contributed by atoms with van der Waals surface area (Å²) in [5.41, 5.74) is 6.72. The molecule has 0 bridgehead atoms. The van der Waals surface area contributed by atoms with E-state index in [0.717, 1.165) is 19.4 Å². The molecule has 204 valence electrons. The van der Waals surface area contributed by atoms with E-state index in [1.54, 1.807) is 35.2 Å². The summed E-state index contributed by atoms with van der Waals surface area (Å²) in [6, 6.07) is 8.44. The Hall–Kier alpha value is -3.70. The lowest BCUT2D eigenvalue weighted by Crippen LogP contribution is -2.50. The van der Waals surface area contributed by atoms with Crippen LogP contribution in [0.3, 0.4) is 0 Å². The number of hydrogen-bond acceptors (Lipinski definition) is 8. The van der Waals surface area contributed by atoms with Gasteiger partial charge >= 0.3 is 6.09 Å². The molecular weight excluding hydrogens is 488 g/mol. The number of nitrogens with one attached hydrogen (secondary N) is 2. The van der Waals surface area contributed by atoms with Gasteiger partial charge in [0.1, 0.15) is 11.4 Å². The summed E-state index contributed by atoms with van der Waals surface area (Å²) in [4.78, 5) is 45.9. The van der Waals surface area contributed by atoms with Crippen LogP contribution in [0, 0.1) is 0 Å². The first-order valence-corrected chi connectivity index (χ1v) is 12.9. The van der Waals surface area contributed by atoms with E-state index >= 15 is 0 Å². The molecule has 3 amide bonds. The number of carbonyl (C=O) groups excluding carboxylic acids is 3. The molecule has 1 atom stereocenters. The van der Waals surface area contributed by atoms with Crippen molar-refractivity contribution in [2.45, 2.75) is 45.3 Å². The van der Waals surface area contributed by atoms with Crippen LogP contribution in [0.1, 0.15) is 54.3 Å². The highest BCUT2D eigenvalue weighted by Gasteiger charge is 2.32. The Labute approximate surface area is 222 Å². The van der Waals surface area contributed by atoms with Gasteiger partial charge in [-0.15, -0.1) is 0 Å². The topological polar surface area (TPSA) is 139 Å². The maximum Gasteiger partial charge on any atom is 0.416 e. The minimum Gasteiger partial charge on any atom is -0.443 e. The number of hydrogen-bond donors (Lipinski definition) is 3. The van der Waals surface area contributed by atoms with Gasteiger partial charge in [0.15, 0.2) is 0 Å². The van der Waals surface area contributed by atoms with E-state index in [0.29, 0.717) is 55.6 Å². The molecule has 0 spiro atoms. The molecule has 2 aromatic rings. The predicted molar refractivity (Wildman–Crippen MR) is 144 cm³/mol. The zero-order chi connectivity index (χ0) is 27.3. The number of nitrogens with two attached hydrogens (primary N) is 1. The van der Waals surface area contributed by atoms with Crippen molar-refractivity contribution in [3.8, 4) is 0 Å². The summed E-state index contributed by atoms with van der Waals surface area (Å²) < 4.78 is 11.0. The molecule has 2 fully saturated rings. The van der Waals surface area contributed by atoms with Crippen LogP contribution in [-0.4, -0.2) is 78.8 Å². The lowest BCUT2D eigenvalue weighted by atomic mass is 10.1. The van der Waals surface area contributed by atoms with Gasteiger partial charge in [-0.2, -0.15) is 0 Å². The smallest absolute Gasteiger partial charge is 0.416 e. The van der Waals surface area contributed by atoms with Crippen molar-refractivity contribution >= 4 is 35.1 Å². The van der Waals surface area contributed by atoms with E-state index in [1.165, 1.54) is 11.1 Å². The van der Waals surface area contributed by atoms with Crippen molar-refractivity contribution in [1.29, 1.82) is 0 Å². The summed E-state index contributed by atoms with van der Waals surface area (Å²) in [6.07, 6.45) is 2.54. The number of benzene rings is 1. The summed E-state index contributed by atoms with van der Waals surface area (Å²) in [5.74, 6) is -0.369. The van der Waals surface area contributed by atoms with Crippen molar-refractivity contribution in [3.63, 3.8) is 0 Å². The zero-order valence-electron chi connectivity index (χ0n) is 22.2. The highest BCUT2D eigenvalue weighted by molar-refractivity contribution is 6.00. The summed E-state index contributed by atoms with van der Waals surface area (Å²) >= 11 is 0. The van der Waals surface area contributed by atoms with E-state index in [2.05, 4.69) is 15.6 Å². The molecule has 1 unspecified atom stereocenters. The van der Waals surface area contributed by atoms with Crippen LogP contribution in [0.4, 0.5) is 22.0 Å². The van der Waals surface area contributed by atoms with Crippen LogP contribution in [0.15, 0.2) is 36.5 Å². The number of amides is 3. The van der Waals surface area contributed by atoms with Gasteiger partial charge in [-0.3, -0.25) is 14.5 Å². The number of rotatable bonds is 6. The van der Waals surface area contributed by atoms with Gasteiger partial charge in [0.2, 0.25) is 0 Å². The number of aromatic nitrogens is 1. The lowest BCUT2D eigenvalue weighted by Gasteiger charge is -2.35. The Morgan fingerprint density at radius 2 is 1.89 bits per heavy atom. The molecule has 38 heavy (non-hydrogen) atoms. The Kier molecular flexibility index (Phi) is 8.48. The van der Waals surface area contributed by atoms with Crippen LogP contribution in [0.25, 0.3) is 0 Å². The van der Waals surface area contributed by atoms with Crippen LogP contribution >= 0.6 is 0 Å². The van der Waals surface area contributed by atoms with Crippen molar-refractivity contribution in [3.05, 3.63) is 47.7 Å². The standard InChI is InChI=1S/C27H36N6O5/c1-27(2,3)38-26(36)33(20-5-4-10-29-16-20)23-15-22(21(17-30-23)24(28)34)31-19-8-6-18(7-9-19)25(35)32-11-13-37-14-12-32/h6-9,15,17,20,29H,4-5,10-14,16H2,1-3H3,(H2,28,34)(H,30,31). The molecule has 2 aliphatic heterocycles. The number of primary amides is 1. The Morgan fingerprint density at radius 3 is 2.50 bits per heavy atom. The number of anilines is 3. The van der Waals surface area contributed by atoms with Crippen LogP contribution < -0.4 is 21.3 Å². The fourth-order valence-corrected chi connectivity index (χ4v) is 4.47. The van der Waals surface area contributed by atoms with Crippen LogP contribution in [0.2, 0.25) is 0 Å². The SMILES string of the molecule is CC(C)(C)OC(=O)N(c1cc(Nc2ccc(C(=O)N3CCOCC3)cc2)c(C(N)=O)cn1)C1CCCNC1. The second-order valence-electron chi connectivity index (χ2n) is 10.4. The fourth-order valence-electron chi connectivity index (χ4n) is 4.47. The second-order valence-corrected chi connectivity index (χ2v) is 10.4. The van der Waals surface area contributed by atoms with E-state index in [9.17, 15) is 14.4 Å². The zero-order valence-corrected chi connectivity index (χ0v) is 22.2. The largest absolute Gasteiger partial charge is 0.443 e. The van der Waals surface area contributed by atoms with Gasteiger partial charge in [0.05, 0.1) is 30.5 Å². The quantitative estimate of drug-likeness (QED) is 0.524. The maximum absolute atomic E-state index is 13.3. The third-order valence-electron chi connectivity index (χ3n) is 6.34. The molecule has 4 rings (SSSR count). The van der Waals surface area contributed by atoms with E-state index in [4.69, 9.17) is 15.2 Å². The van der Waals surface area contributed by atoms with Gasteiger partial charge in [-0.1, -0.05) is 0 Å². The molecule has 1 aromatic heterocycles. The number of carbonyl (C=O) groups is 3. The molecular formula is C27H36N6O5. The number of piperidine rings is 1. The third-order valence-corrected chi connectivity index (χ3v) is 6.34. The maximum atomic E-state index is 13.3. The normalized spacial score (nSPS) is 18.0. The Bertz CT molecular complexity index is 1150. The molecule has 4 N–H and O–H groups in total. The first kappa shape index (κ1) is 27.3. The molecule has 11 nitrogen and oxygen atoms in total. The Balaban J connectivity index is 1.60. The minimum absolute atomic E-state index is 0.0574.